The SMILES string of the molecule is CC(=O)c1ccc(NC(=O)C(C)OC(=O)c2ccc(C)c(S(=O)(=O)N3CCOCC3)c2)cc1. The number of amides is 1. The van der Waals surface area contributed by atoms with Gasteiger partial charge in [-0.3, -0.25) is 9.59 Å². The highest BCUT2D eigenvalue weighted by atomic mass is 32.2. The second-order valence-corrected chi connectivity index (χ2v) is 9.57. The lowest BCUT2D eigenvalue weighted by atomic mass is 10.1. The molecule has 2 aromatic rings. The summed E-state index contributed by atoms with van der Waals surface area (Å²) in [6.45, 7) is 5.60. The molecule has 1 amide bonds. The molecular formula is C23H26N2O7S. The summed E-state index contributed by atoms with van der Waals surface area (Å²) in [4.78, 5) is 36.4. The van der Waals surface area contributed by atoms with Gasteiger partial charge in [0.1, 0.15) is 0 Å². The normalized spacial score (nSPS) is 15.5. The molecule has 1 saturated heterocycles. The van der Waals surface area contributed by atoms with Crippen LogP contribution in [0.4, 0.5) is 5.69 Å². The van der Waals surface area contributed by atoms with Gasteiger partial charge < -0.3 is 14.8 Å². The summed E-state index contributed by atoms with van der Waals surface area (Å²) in [5.41, 5.74) is 1.48. The van der Waals surface area contributed by atoms with E-state index in [1.54, 1.807) is 31.2 Å². The Kier molecular flexibility index (Phi) is 7.62. The number of hydrogen-bond donors (Lipinski definition) is 1. The van der Waals surface area contributed by atoms with E-state index in [2.05, 4.69) is 5.32 Å². The van der Waals surface area contributed by atoms with Crippen LogP contribution < -0.4 is 5.32 Å². The van der Waals surface area contributed by atoms with Crippen molar-refractivity contribution in [1.82, 2.24) is 4.31 Å². The number of aryl methyl sites for hydroxylation is 1. The van der Waals surface area contributed by atoms with Crippen LogP contribution in [0.15, 0.2) is 47.4 Å². The zero-order valence-corrected chi connectivity index (χ0v) is 19.5. The first-order valence-corrected chi connectivity index (χ1v) is 11.8. The topological polar surface area (TPSA) is 119 Å². The van der Waals surface area contributed by atoms with Gasteiger partial charge >= 0.3 is 5.97 Å². The number of benzene rings is 2. The number of ketones is 1. The molecule has 10 heteroatoms. The highest BCUT2D eigenvalue weighted by molar-refractivity contribution is 7.89. The quantitative estimate of drug-likeness (QED) is 0.483. The Hall–Kier alpha value is -3.08. The summed E-state index contributed by atoms with van der Waals surface area (Å²) in [7, 11) is -3.80. The van der Waals surface area contributed by atoms with E-state index in [9.17, 15) is 22.8 Å². The van der Waals surface area contributed by atoms with Gasteiger partial charge in [0, 0.05) is 24.3 Å². The van der Waals surface area contributed by atoms with Crippen LogP contribution in [-0.4, -0.2) is 62.8 Å². The van der Waals surface area contributed by atoms with E-state index in [1.165, 1.54) is 36.4 Å². The summed E-state index contributed by atoms with van der Waals surface area (Å²) in [6.07, 6.45) is -1.13. The second kappa shape index (κ2) is 10.2. The number of sulfonamides is 1. The first kappa shape index (κ1) is 24.6. The lowest BCUT2D eigenvalue weighted by molar-refractivity contribution is -0.123. The summed E-state index contributed by atoms with van der Waals surface area (Å²) in [6, 6.07) is 10.6. The average molecular weight is 475 g/mol. The summed E-state index contributed by atoms with van der Waals surface area (Å²) < 4.78 is 37.8. The molecular weight excluding hydrogens is 448 g/mol. The van der Waals surface area contributed by atoms with Crippen molar-refractivity contribution in [2.75, 3.05) is 31.6 Å². The Morgan fingerprint density at radius 2 is 1.64 bits per heavy atom. The van der Waals surface area contributed by atoms with Crippen LogP contribution in [0.3, 0.4) is 0 Å². The number of morpholine rings is 1. The van der Waals surface area contributed by atoms with Gasteiger partial charge in [-0.2, -0.15) is 4.31 Å². The third kappa shape index (κ3) is 5.84. The molecule has 9 nitrogen and oxygen atoms in total. The highest BCUT2D eigenvalue weighted by Crippen LogP contribution is 2.23. The Balaban J connectivity index is 1.69. The van der Waals surface area contributed by atoms with Crippen LogP contribution in [0, 0.1) is 6.92 Å². The van der Waals surface area contributed by atoms with Gasteiger partial charge in [0.05, 0.1) is 23.7 Å². The Morgan fingerprint density at radius 1 is 1.03 bits per heavy atom. The fourth-order valence-corrected chi connectivity index (χ4v) is 4.90. The smallest absolute Gasteiger partial charge is 0.338 e. The number of rotatable bonds is 7. The van der Waals surface area contributed by atoms with Gasteiger partial charge in [0.25, 0.3) is 5.91 Å². The number of carbonyl (C=O) groups is 3. The molecule has 33 heavy (non-hydrogen) atoms. The van der Waals surface area contributed by atoms with E-state index < -0.39 is 28.0 Å². The molecule has 1 fully saturated rings. The van der Waals surface area contributed by atoms with Crippen molar-refractivity contribution in [3.05, 3.63) is 59.2 Å². The fourth-order valence-electron chi connectivity index (χ4n) is 3.25. The third-order valence-electron chi connectivity index (χ3n) is 5.22. The van der Waals surface area contributed by atoms with E-state index in [4.69, 9.17) is 9.47 Å². The van der Waals surface area contributed by atoms with Gasteiger partial charge in [-0.05, 0) is 62.7 Å². The zero-order valence-electron chi connectivity index (χ0n) is 18.7. The molecule has 0 bridgehead atoms. The van der Waals surface area contributed by atoms with Gasteiger partial charge in [0.2, 0.25) is 10.0 Å². The minimum absolute atomic E-state index is 0.0153. The number of esters is 1. The van der Waals surface area contributed by atoms with Crippen molar-refractivity contribution in [2.45, 2.75) is 31.8 Å². The molecule has 0 aliphatic carbocycles. The van der Waals surface area contributed by atoms with Gasteiger partial charge in [-0.15, -0.1) is 0 Å². The molecule has 0 saturated carbocycles. The van der Waals surface area contributed by atoms with Crippen molar-refractivity contribution in [3.63, 3.8) is 0 Å². The number of nitrogens with one attached hydrogen (secondary N) is 1. The molecule has 1 atom stereocenters. The predicted octanol–water partition coefficient (Wildman–Crippen LogP) is 2.40. The first-order valence-electron chi connectivity index (χ1n) is 10.4. The number of Topliss-reactive ketones (excluding diaryl/α,β-unsaturated/α-hetero) is 1. The summed E-state index contributed by atoms with van der Waals surface area (Å²) in [5, 5.41) is 2.61. The lowest BCUT2D eigenvalue weighted by Crippen LogP contribution is -2.40. The van der Waals surface area contributed by atoms with Crippen LogP contribution in [-0.2, 0) is 24.3 Å². The maximum atomic E-state index is 13.0. The molecule has 0 spiro atoms. The van der Waals surface area contributed by atoms with E-state index >= 15 is 0 Å². The van der Waals surface area contributed by atoms with E-state index in [0.29, 0.717) is 30.0 Å². The average Bonchev–Trinajstić information content (AvgIpc) is 2.80. The van der Waals surface area contributed by atoms with Crippen LogP contribution in [0.1, 0.15) is 40.1 Å². The molecule has 176 valence electrons. The minimum Gasteiger partial charge on any atom is -0.449 e. The zero-order chi connectivity index (χ0) is 24.2. The lowest BCUT2D eigenvalue weighted by Gasteiger charge is -2.26. The van der Waals surface area contributed by atoms with Crippen molar-refractivity contribution in [2.24, 2.45) is 0 Å². The van der Waals surface area contributed by atoms with Crippen molar-refractivity contribution in [1.29, 1.82) is 0 Å². The maximum absolute atomic E-state index is 13.0. The number of anilines is 1. The van der Waals surface area contributed by atoms with Crippen molar-refractivity contribution in [3.8, 4) is 0 Å². The number of ether oxygens (including phenoxy) is 2. The number of nitrogens with zero attached hydrogens (tertiary/aromatic N) is 1. The van der Waals surface area contributed by atoms with E-state index in [-0.39, 0.29) is 29.3 Å². The van der Waals surface area contributed by atoms with E-state index in [0.717, 1.165) is 0 Å². The van der Waals surface area contributed by atoms with Crippen LogP contribution >= 0.6 is 0 Å². The molecule has 3 rings (SSSR count). The molecule has 1 heterocycles. The molecule has 1 aliphatic heterocycles. The molecule has 0 aromatic heterocycles. The Bertz CT molecular complexity index is 1150. The largest absolute Gasteiger partial charge is 0.449 e. The van der Waals surface area contributed by atoms with E-state index in [1.807, 2.05) is 0 Å². The van der Waals surface area contributed by atoms with Crippen molar-refractivity contribution >= 4 is 33.4 Å². The molecule has 1 N–H and O–H groups in total. The molecule has 1 unspecified atom stereocenters. The summed E-state index contributed by atoms with van der Waals surface area (Å²) >= 11 is 0. The number of carbonyl (C=O) groups excluding carboxylic acids is 3. The van der Waals surface area contributed by atoms with Gasteiger partial charge in [-0.1, -0.05) is 6.07 Å². The van der Waals surface area contributed by atoms with Crippen LogP contribution in [0.2, 0.25) is 0 Å². The molecule has 0 radical (unpaired) electrons. The predicted molar refractivity (Wildman–Crippen MR) is 121 cm³/mol. The fraction of sp³-hybridized carbons (Fsp3) is 0.348. The standard InChI is InChI=1S/C23H26N2O7S/c1-15-4-5-19(14-21(15)33(29,30)25-10-12-31-13-11-25)23(28)32-17(3)22(27)24-20-8-6-18(7-9-20)16(2)26/h4-9,14,17H,10-13H2,1-3H3,(H,24,27). The monoisotopic (exact) mass is 474 g/mol. The number of hydrogen-bond acceptors (Lipinski definition) is 7. The summed E-state index contributed by atoms with van der Waals surface area (Å²) in [5.74, 6) is -1.47. The van der Waals surface area contributed by atoms with Crippen LogP contribution in [0.25, 0.3) is 0 Å². The van der Waals surface area contributed by atoms with Crippen molar-refractivity contribution < 1.29 is 32.3 Å². The Morgan fingerprint density at radius 3 is 2.24 bits per heavy atom. The molecule has 2 aromatic carbocycles. The first-order chi connectivity index (χ1) is 15.6. The minimum atomic E-state index is -3.80. The van der Waals surface area contributed by atoms with Gasteiger partial charge in [0.15, 0.2) is 11.9 Å². The molecule has 1 aliphatic rings. The Labute approximate surface area is 192 Å². The third-order valence-corrected chi connectivity index (χ3v) is 7.26. The van der Waals surface area contributed by atoms with Crippen LogP contribution in [0.5, 0.6) is 0 Å². The van der Waals surface area contributed by atoms with Gasteiger partial charge in [-0.25, -0.2) is 13.2 Å². The maximum Gasteiger partial charge on any atom is 0.338 e. The second-order valence-electron chi connectivity index (χ2n) is 7.67. The highest BCUT2D eigenvalue weighted by Gasteiger charge is 2.29.